The maximum Gasteiger partial charge on any atom is 0.411 e. The molecule has 194 valence electrons. The second kappa shape index (κ2) is 10.8. The van der Waals surface area contributed by atoms with Gasteiger partial charge in [0.05, 0.1) is 18.0 Å². The highest BCUT2D eigenvalue weighted by Crippen LogP contribution is 2.41. The SMILES string of the molecule is CC(C)(C)OC(=O)N1C2CCC(CC2)[C@H]1C(=O)C[C@H](C#N)Cc1ccc(-c2cccc(C(N)=O)c2)cc1. The smallest absolute Gasteiger partial charge is 0.411 e. The minimum Gasteiger partial charge on any atom is -0.444 e. The number of hydrogen-bond acceptors (Lipinski definition) is 5. The predicted molar refractivity (Wildman–Crippen MR) is 140 cm³/mol. The minimum atomic E-state index is -0.635. The van der Waals surface area contributed by atoms with Crippen molar-refractivity contribution in [3.05, 3.63) is 59.7 Å². The summed E-state index contributed by atoms with van der Waals surface area (Å²) < 4.78 is 5.65. The molecule has 0 spiro atoms. The quantitative estimate of drug-likeness (QED) is 0.555. The number of nitrogens with two attached hydrogens (primary N) is 1. The van der Waals surface area contributed by atoms with Gasteiger partial charge in [0.1, 0.15) is 5.60 Å². The zero-order valence-electron chi connectivity index (χ0n) is 21.8. The van der Waals surface area contributed by atoms with E-state index in [0.29, 0.717) is 12.0 Å². The van der Waals surface area contributed by atoms with Gasteiger partial charge in [0.25, 0.3) is 0 Å². The van der Waals surface area contributed by atoms with Gasteiger partial charge in [-0.05, 0) is 87.6 Å². The highest BCUT2D eigenvalue weighted by atomic mass is 16.6. The second-order valence-corrected chi connectivity index (χ2v) is 11.2. The average Bonchev–Trinajstić information content (AvgIpc) is 2.87. The van der Waals surface area contributed by atoms with Crippen molar-refractivity contribution in [2.75, 3.05) is 0 Å². The highest BCUT2D eigenvalue weighted by molar-refractivity contribution is 5.94. The first kappa shape index (κ1) is 26.4. The Morgan fingerprint density at radius 3 is 2.32 bits per heavy atom. The molecule has 1 aliphatic carbocycles. The Hall–Kier alpha value is -3.66. The summed E-state index contributed by atoms with van der Waals surface area (Å²) in [5.41, 5.74) is 7.96. The van der Waals surface area contributed by atoms with Crippen LogP contribution in [0.5, 0.6) is 0 Å². The molecule has 37 heavy (non-hydrogen) atoms. The Labute approximate surface area is 218 Å². The molecule has 5 rings (SSSR count). The number of nitrogens with zero attached hydrogens (tertiary/aromatic N) is 2. The maximum absolute atomic E-state index is 13.5. The van der Waals surface area contributed by atoms with Gasteiger partial charge >= 0.3 is 6.09 Å². The summed E-state index contributed by atoms with van der Waals surface area (Å²) in [5, 5.41) is 9.86. The van der Waals surface area contributed by atoms with Crippen molar-refractivity contribution >= 4 is 17.8 Å². The van der Waals surface area contributed by atoms with Gasteiger partial charge in [0, 0.05) is 18.0 Å². The molecule has 2 N–H and O–H groups in total. The number of Topliss-reactive ketones (excluding diaryl/α,β-unsaturated/α-hetero) is 1. The first-order chi connectivity index (χ1) is 17.6. The van der Waals surface area contributed by atoms with Crippen LogP contribution in [0.3, 0.4) is 0 Å². The molecular weight excluding hydrogens is 466 g/mol. The molecule has 2 saturated heterocycles. The van der Waals surface area contributed by atoms with Gasteiger partial charge in [0.15, 0.2) is 5.78 Å². The Morgan fingerprint density at radius 1 is 1.05 bits per heavy atom. The van der Waals surface area contributed by atoms with Crippen LogP contribution in [0, 0.1) is 23.2 Å². The zero-order valence-corrected chi connectivity index (χ0v) is 21.8. The van der Waals surface area contributed by atoms with E-state index in [4.69, 9.17) is 10.5 Å². The fourth-order valence-electron chi connectivity index (χ4n) is 5.64. The Balaban J connectivity index is 1.44. The van der Waals surface area contributed by atoms with Crippen LogP contribution >= 0.6 is 0 Å². The van der Waals surface area contributed by atoms with E-state index in [1.54, 1.807) is 23.1 Å². The molecule has 2 bridgehead atoms. The predicted octanol–water partition coefficient (Wildman–Crippen LogP) is 5.27. The van der Waals surface area contributed by atoms with Crippen LogP contribution in [-0.2, 0) is 16.0 Å². The summed E-state index contributed by atoms with van der Waals surface area (Å²) in [7, 11) is 0. The number of nitriles is 1. The standard InChI is InChI=1S/C30H35N3O4/c1-30(2,3)37-29(36)33-25-13-11-22(12-14-25)27(33)26(34)16-20(18-31)15-19-7-9-21(10-8-19)23-5-4-6-24(17-23)28(32)35/h4-10,17,20,22,25,27H,11-16H2,1-3H3,(H2,32,35)/t20-,22?,25?,27+/m1/s1. The van der Waals surface area contributed by atoms with Crippen molar-refractivity contribution in [1.82, 2.24) is 4.90 Å². The van der Waals surface area contributed by atoms with Crippen LogP contribution in [0.2, 0.25) is 0 Å². The van der Waals surface area contributed by atoms with Crippen molar-refractivity contribution < 1.29 is 19.1 Å². The van der Waals surface area contributed by atoms with Crippen molar-refractivity contribution in [3.8, 4) is 17.2 Å². The molecule has 7 nitrogen and oxygen atoms in total. The van der Waals surface area contributed by atoms with E-state index in [1.807, 2.05) is 51.1 Å². The molecule has 2 amide bonds. The molecule has 3 fully saturated rings. The van der Waals surface area contributed by atoms with E-state index >= 15 is 0 Å². The molecule has 0 unspecified atom stereocenters. The van der Waals surface area contributed by atoms with Gasteiger partial charge in [-0.1, -0.05) is 36.4 Å². The molecular formula is C30H35N3O4. The summed E-state index contributed by atoms with van der Waals surface area (Å²) in [6.45, 7) is 5.49. The number of rotatable bonds is 7. The molecule has 0 aromatic heterocycles. The third kappa shape index (κ3) is 6.19. The van der Waals surface area contributed by atoms with Gasteiger partial charge < -0.3 is 10.5 Å². The normalized spacial score (nSPS) is 21.7. The van der Waals surface area contributed by atoms with Crippen molar-refractivity contribution in [2.45, 2.75) is 77.0 Å². The fraction of sp³-hybridized carbons (Fsp3) is 0.467. The van der Waals surface area contributed by atoms with E-state index in [2.05, 4.69) is 6.07 Å². The molecule has 2 aromatic carbocycles. The number of carbonyl (C=O) groups is 3. The molecule has 2 atom stereocenters. The lowest BCUT2D eigenvalue weighted by Gasteiger charge is -2.50. The van der Waals surface area contributed by atoms with Gasteiger partial charge in [-0.25, -0.2) is 4.79 Å². The number of ether oxygens (including phenoxy) is 1. The van der Waals surface area contributed by atoms with Gasteiger partial charge in [-0.3, -0.25) is 14.5 Å². The van der Waals surface area contributed by atoms with Gasteiger partial charge in [0.2, 0.25) is 5.91 Å². The first-order valence-corrected chi connectivity index (χ1v) is 13.0. The molecule has 2 heterocycles. The summed E-state index contributed by atoms with van der Waals surface area (Å²) >= 11 is 0. The molecule has 2 aromatic rings. The van der Waals surface area contributed by atoms with Crippen LogP contribution in [-0.4, -0.2) is 40.4 Å². The van der Waals surface area contributed by atoms with E-state index in [1.165, 1.54) is 0 Å². The average molecular weight is 502 g/mol. The van der Waals surface area contributed by atoms with Gasteiger partial charge in [-0.2, -0.15) is 5.26 Å². The lowest BCUT2D eigenvalue weighted by Crippen LogP contribution is -2.61. The fourth-order valence-corrected chi connectivity index (χ4v) is 5.64. The molecule has 0 radical (unpaired) electrons. The van der Waals surface area contributed by atoms with Crippen LogP contribution < -0.4 is 5.73 Å². The van der Waals surface area contributed by atoms with Crippen molar-refractivity contribution in [2.24, 2.45) is 17.6 Å². The maximum atomic E-state index is 13.5. The molecule has 2 aliphatic heterocycles. The van der Waals surface area contributed by atoms with E-state index in [-0.39, 0.29) is 24.2 Å². The third-order valence-electron chi connectivity index (χ3n) is 7.36. The summed E-state index contributed by atoms with van der Waals surface area (Å²) in [6, 6.07) is 16.7. The number of fused-ring (bicyclic) bond motifs is 3. The van der Waals surface area contributed by atoms with E-state index in [0.717, 1.165) is 42.4 Å². The highest BCUT2D eigenvalue weighted by Gasteiger charge is 2.48. The number of benzene rings is 2. The molecule has 3 aliphatic rings. The lowest BCUT2D eigenvalue weighted by molar-refractivity contribution is -0.133. The third-order valence-corrected chi connectivity index (χ3v) is 7.36. The van der Waals surface area contributed by atoms with Crippen LogP contribution in [0.1, 0.15) is 68.8 Å². The number of primary amides is 1. The second-order valence-electron chi connectivity index (χ2n) is 11.2. The first-order valence-electron chi connectivity index (χ1n) is 13.0. The number of ketones is 1. The van der Waals surface area contributed by atoms with E-state index in [9.17, 15) is 19.6 Å². The largest absolute Gasteiger partial charge is 0.444 e. The number of hydrogen-bond donors (Lipinski definition) is 1. The molecule has 1 saturated carbocycles. The number of amides is 2. The van der Waals surface area contributed by atoms with Crippen LogP contribution in [0.25, 0.3) is 11.1 Å². The Kier molecular flexibility index (Phi) is 7.68. The van der Waals surface area contributed by atoms with Crippen LogP contribution in [0.15, 0.2) is 48.5 Å². The Bertz CT molecular complexity index is 1200. The lowest BCUT2D eigenvalue weighted by atomic mass is 9.72. The van der Waals surface area contributed by atoms with Crippen molar-refractivity contribution in [3.63, 3.8) is 0 Å². The van der Waals surface area contributed by atoms with E-state index < -0.39 is 29.6 Å². The summed E-state index contributed by atoms with van der Waals surface area (Å²) in [6.07, 6.45) is 3.76. The number of carbonyl (C=O) groups excluding carboxylic acids is 3. The minimum absolute atomic E-state index is 0.0231. The van der Waals surface area contributed by atoms with Gasteiger partial charge in [-0.15, -0.1) is 0 Å². The van der Waals surface area contributed by atoms with Crippen molar-refractivity contribution in [1.29, 1.82) is 5.26 Å². The topological polar surface area (TPSA) is 113 Å². The zero-order chi connectivity index (χ0) is 26.7. The Morgan fingerprint density at radius 2 is 1.73 bits per heavy atom. The summed E-state index contributed by atoms with van der Waals surface area (Å²) in [4.78, 5) is 39.7. The monoisotopic (exact) mass is 501 g/mol. The van der Waals surface area contributed by atoms with Crippen LogP contribution in [0.4, 0.5) is 4.79 Å². The summed E-state index contributed by atoms with van der Waals surface area (Å²) in [5.74, 6) is -0.889. The molecule has 7 heteroatoms. The number of piperidine rings is 2.